The molecule has 0 aliphatic carbocycles. The van der Waals surface area contributed by atoms with Crippen LogP contribution in [0.25, 0.3) is 0 Å². The van der Waals surface area contributed by atoms with E-state index in [4.69, 9.17) is 5.73 Å². The second-order valence-electron chi connectivity index (χ2n) is 5.60. The molecule has 1 saturated heterocycles. The lowest BCUT2D eigenvalue weighted by Gasteiger charge is -2.38. The van der Waals surface area contributed by atoms with Crippen LogP contribution in [0.5, 0.6) is 0 Å². The molecule has 1 fully saturated rings. The highest BCUT2D eigenvalue weighted by molar-refractivity contribution is 7.98. The van der Waals surface area contributed by atoms with Crippen molar-refractivity contribution >= 4 is 17.7 Å². The Bertz CT molecular complexity index is 487. The van der Waals surface area contributed by atoms with E-state index < -0.39 is 0 Å². The first-order valence-electron chi connectivity index (χ1n) is 7.25. The molecule has 4 heteroatoms. The van der Waals surface area contributed by atoms with Crippen LogP contribution >= 0.6 is 11.8 Å². The monoisotopic (exact) mass is 292 g/mol. The molecule has 20 heavy (non-hydrogen) atoms. The minimum Gasteiger partial charge on any atom is -0.334 e. The third-order valence-electron chi connectivity index (χ3n) is 4.09. The molecule has 0 radical (unpaired) electrons. The van der Waals surface area contributed by atoms with Crippen LogP contribution in [0, 0.1) is 6.92 Å². The van der Waals surface area contributed by atoms with E-state index in [2.05, 4.69) is 6.07 Å². The van der Waals surface area contributed by atoms with Crippen LogP contribution in [0.1, 0.15) is 42.1 Å². The van der Waals surface area contributed by atoms with Gasteiger partial charge in [-0.05, 0) is 57.1 Å². The number of benzene rings is 1. The number of hydrogen-bond donors (Lipinski definition) is 1. The van der Waals surface area contributed by atoms with Crippen LogP contribution < -0.4 is 5.73 Å². The largest absolute Gasteiger partial charge is 0.334 e. The summed E-state index contributed by atoms with van der Waals surface area (Å²) in [6, 6.07) is 6.31. The van der Waals surface area contributed by atoms with E-state index in [1.54, 1.807) is 11.8 Å². The number of carbonyl (C=O) groups excluding carboxylic acids is 1. The summed E-state index contributed by atoms with van der Waals surface area (Å²) in [5.74, 6) is 0.139. The molecule has 2 unspecified atom stereocenters. The Balaban J connectivity index is 2.29. The molecule has 2 atom stereocenters. The standard InChI is InChI=1S/C16H24N2OS/c1-11-7-8-13(20-3)10-14(11)16(19)18-9-5-4-6-15(18)12(2)17/h7-8,10,12,15H,4-6,9,17H2,1-3H3. The zero-order valence-corrected chi connectivity index (χ0v) is 13.4. The van der Waals surface area contributed by atoms with E-state index in [0.29, 0.717) is 0 Å². The fourth-order valence-electron chi connectivity index (χ4n) is 2.87. The number of thioether (sulfide) groups is 1. The van der Waals surface area contributed by atoms with Gasteiger partial charge >= 0.3 is 0 Å². The normalized spacial score (nSPS) is 20.8. The summed E-state index contributed by atoms with van der Waals surface area (Å²) in [6.45, 7) is 4.83. The second kappa shape index (κ2) is 6.64. The van der Waals surface area contributed by atoms with Crippen LogP contribution in [-0.2, 0) is 0 Å². The number of piperidine rings is 1. The number of rotatable bonds is 3. The van der Waals surface area contributed by atoms with Crippen molar-refractivity contribution < 1.29 is 4.79 Å². The maximum Gasteiger partial charge on any atom is 0.254 e. The van der Waals surface area contributed by atoms with Gasteiger partial charge in [0.1, 0.15) is 0 Å². The Morgan fingerprint density at radius 1 is 1.45 bits per heavy atom. The fraction of sp³-hybridized carbons (Fsp3) is 0.562. The van der Waals surface area contributed by atoms with Gasteiger partial charge in [-0.3, -0.25) is 4.79 Å². The average Bonchev–Trinajstić information content (AvgIpc) is 2.47. The number of nitrogens with two attached hydrogens (primary N) is 1. The SMILES string of the molecule is CSc1ccc(C)c(C(=O)N2CCCCC2C(C)N)c1. The first kappa shape index (κ1) is 15.4. The third kappa shape index (κ3) is 3.18. The quantitative estimate of drug-likeness (QED) is 0.871. The van der Waals surface area contributed by atoms with Gasteiger partial charge < -0.3 is 10.6 Å². The van der Waals surface area contributed by atoms with E-state index in [0.717, 1.165) is 35.4 Å². The zero-order valence-electron chi connectivity index (χ0n) is 12.6. The highest BCUT2D eigenvalue weighted by Gasteiger charge is 2.30. The topological polar surface area (TPSA) is 46.3 Å². The maximum atomic E-state index is 12.9. The zero-order chi connectivity index (χ0) is 14.7. The fourth-order valence-corrected chi connectivity index (χ4v) is 3.31. The minimum atomic E-state index is 0.0308. The molecule has 2 N–H and O–H groups in total. The smallest absolute Gasteiger partial charge is 0.254 e. The number of carbonyl (C=O) groups is 1. The summed E-state index contributed by atoms with van der Waals surface area (Å²) >= 11 is 1.67. The molecule has 1 aliphatic heterocycles. The van der Waals surface area contributed by atoms with Crippen LogP contribution in [0.4, 0.5) is 0 Å². The molecule has 1 heterocycles. The number of likely N-dealkylation sites (tertiary alicyclic amines) is 1. The summed E-state index contributed by atoms with van der Waals surface area (Å²) in [5.41, 5.74) is 7.94. The number of amides is 1. The first-order valence-corrected chi connectivity index (χ1v) is 8.48. The van der Waals surface area contributed by atoms with Gasteiger partial charge in [0.2, 0.25) is 0 Å². The molecule has 1 aromatic carbocycles. The van der Waals surface area contributed by atoms with Gasteiger partial charge in [0.15, 0.2) is 0 Å². The molecule has 3 nitrogen and oxygen atoms in total. The van der Waals surface area contributed by atoms with Crippen LogP contribution in [-0.4, -0.2) is 35.7 Å². The van der Waals surface area contributed by atoms with E-state index >= 15 is 0 Å². The molecule has 0 spiro atoms. The maximum absolute atomic E-state index is 12.9. The summed E-state index contributed by atoms with van der Waals surface area (Å²) in [6.07, 6.45) is 5.30. The molecular formula is C16H24N2OS. The summed E-state index contributed by atoms with van der Waals surface area (Å²) in [4.78, 5) is 16.0. The molecule has 110 valence electrons. The van der Waals surface area contributed by atoms with Gasteiger partial charge in [-0.2, -0.15) is 0 Å². The lowest BCUT2D eigenvalue weighted by Crippen LogP contribution is -2.51. The molecule has 1 amide bonds. The molecular weight excluding hydrogens is 268 g/mol. The molecule has 0 bridgehead atoms. The Morgan fingerprint density at radius 3 is 2.85 bits per heavy atom. The van der Waals surface area contributed by atoms with Gasteiger partial charge in [0, 0.05) is 29.1 Å². The Hall–Kier alpha value is -1.00. The third-order valence-corrected chi connectivity index (χ3v) is 4.82. The molecule has 0 aromatic heterocycles. The summed E-state index contributed by atoms with van der Waals surface area (Å²) in [7, 11) is 0. The van der Waals surface area contributed by atoms with Gasteiger partial charge in [0.25, 0.3) is 5.91 Å². The Morgan fingerprint density at radius 2 is 2.20 bits per heavy atom. The molecule has 1 aliphatic rings. The molecule has 2 rings (SSSR count). The van der Waals surface area contributed by atoms with Crippen molar-refractivity contribution in [3.05, 3.63) is 29.3 Å². The van der Waals surface area contributed by atoms with E-state index in [1.165, 1.54) is 6.42 Å². The van der Waals surface area contributed by atoms with Crippen molar-refractivity contribution in [3.8, 4) is 0 Å². The Labute approximate surface area is 125 Å². The minimum absolute atomic E-state index is 0.0308. The number of hydrogen-bond acceptors (Lipinski definition) is 3. The predicted molar refractivity (Wildman–Crippen MR) is 85.3 cm³/mol. The number of nitrogens with zero attached hydrogens (tertiary/aromatic N) is 1. The Kier molecular flexibility index (Phi) is 5.11. The number of aryl methyl sites for hydroxylation is 1. The second-order valence-corrected chi connectivity index (χ2v) is 6.48. The van der Waals surface area contributed by atoms with Gasteiger partial charge in [0.05, 0.1) is 0 Å². The van der Waals surface area contributed by atoms with Crippen molar-refractivity contribution in [2.24, 2.45) is 5.73 Å². The van der Waals surface area contributed by atoms with Crippen LogP contribution in [0.15, 0.2) is 23.1 Å². The molecule has 0 saturated carbocycles. The van der Waals surface area contributed by atoms with Crippen molar-refractivity contribution in [2.75, 3.05) is 12.8 Å². The van der Waals surface area contributed by atoms with Gasteiger partial charge in [-0.25, -0.2) is 0 Å². The van der Waals surface area contributed by atoms with Crippen molar-refractivity contribution in [1.29, 1.82) is 0 Å². The van der Waals surface area contributed by atoms with Crippen molar-refractivity contribution in [1.82, 2.24) is 4.90 Å². The van der Waals surface area contributed by atoms with E-state index in [-0.39, 0.29) is 18.0 Å². The van der Waals surface area contributed by atoms with E-state index in [1.807, 2.05) is 37.1 Å². The highest BCUT2D eigenvalue weighted by atomic mass is 32.2. The van der Waals surface area contributed by atoms with E-state index in [9.17, 15) is 4.79 Å². The van der Waals surface area contributed by atoms with Crippen molar-refractivity contribution in [3.63, 3.8) is 0 Å². The lowest BCUT2D eigenvalue weighted by molar-refractivity contribution is 0.0583. The van der Waals surface area contributed by atoms with Gasteiger partial charge in [-0.15, -0.1) is 11.8 Å². The average molecular weight is 292 g/mol. The predicted octanol–water partition coefficient (Wildman–Crippen LogP) is 3.06. The molecule has 1 aromatic rings. The summed E-state index contributed by atoms with van der Waals surface area (Å²) < 4.78 is 0. The van der Waals surface area contributed by atoms with Gasteiger partial charge in [-0.1, -0.05) is 6.07 Å². The highest BCUT2D eigenvalue weighted by Crippen LogP contribution is 2.25. The van der Waals surface area contributed by atoms with Crippen molar-refractivity contribution in [2.45, 2.75) is 50.1 Å². The first-order chi connectivity index (χ1) is 9.54. The van der Waals surface area contributed by atoms with Crippen LogP contribution in [0.2, 0.25) is 0 Å². The van der Waals surface area contributed by atoms with Crippen LogP contribution in [0.3, 0.4) is 0 Å². The lowest BCUT2D eigenvalue weighted by atomic mass is 9.95. The summed E-state index contributed by atoms with van der Waals surface area (Å²) in [5, 5.41) is 0.